The fourth-order valence-electron chi connectivity index (χ4n) is 2.52. The van der Waals surface area contributed by atoms with Crippen molar-refractivity contribution >= 4 is 38.3 Å². The fourth-order valence-corrected chi connectivity index (χ4v) is 2.87. The van der Waals surface area contributed by atoms with Crippen molar-refractivity contribution in [3.63, 3.8) is 0 Å². The second-order valence-electron chi connectivity index (χ2n) is 5.14. The molecule has 0 unspecified atom stereocenters. The Morgan fingerprint density at radius 3 is 2.65 bits per heavy atom. The second-order valence-corrected chi connectivity index (χ2v) is 6.06. The predicted octanol–water partition coefficient (Wildman–Crippen LogP) is 4.93. The third-order valence-corrected chi connectivity index (χ3v) is 4.09. The minimum absolute atomic E-state index is 0.762. The van der Waals surface area contributed by atoms with Gasteiger partial charge in [0.05, 0.1) is 5.52 Å². The number of para-hydroxylation sites is 1. The number of nitrogens with zero attached hydrogens (tertiary/aromatic N) is 3. The van der Waals surface area contributed by atoms with Crippen molar-refractivity contribution in [2.45, 2.75) is 0 Å². The predicted molar refractivity (Wildman–Crippen MR) is 96.3 cm³/mol. The van der Waals surface area contributed by atoms with E-state index in [1.54, 1.807) is 6.33 Å². The lowest BCUT2D eigenvalue weighted by Gasteiger charge is -2.08. The van der Waals surface area contributed by atoms with Gasteiger partial charge in [0.1, 0.15) is 18.0 Å². The Bertz CT molecular complexity index is 963. The fraction of sp³-hybridized carbons (Fsp3) is 0. The average Bonchev–Trinajstić information content (AvgIpc) is 2.99. The number of fused-ring (bicyclic) bond motifs is 1. The van der Waals surface area contributed by atoms with Gasteiger partial charge in [-0.25, -0.2) is 9.97 Å². The van der Waals surface area contributed by atoms with Gasteiger partial charge in [0, 0.05) is 27.8 Å². The van der Waals surface area contributed by atoms with Crippen molar-refractivity contribution in [2.24, 2.45) is 0 Å². The molecule has 4 nitrogen and oxygen atoms in total. The van der Waals surface area contributed by atoms with Gasteiger partial charge >= 0.3 is 0 Å². The minimum atomic E-state index is 0.762. The quantitative estimate of drug-likeness (QED) is 0.560. The molecule has 23 heavy (non-hydrogen) atoms. The van der Waals surface area contributed by atoms with Crippen molar-refractivity contribution < 1.29 is 0 Å². The molecular weight excluding hydrogens is 352 g/mol. The summed E-state index contributed by atoms with van der Waals surface area (Å²) in [6.07, 6.45) is 3.59. The van der Waals surface area contributed by atoms with E-state index in [9.17, 15) is 0 Å². The third-order valence-electron chi connectivity index (χ3n) is 3.60. The molecule has 0 aliphatic heterocycles. The highest BCUT2D eigenvalue weighted by atomic mass is 79.9. The largest absolute Gasteiger partial charge is 0.340 e. The van der Waals surface area contributed by atoms with Gasteiger partial charge in [0.15, 0.2) is 0 Å². The first-order valence-corrected chi connectivity index (χ1v) is 8.00. The van der Waals surface area contributed by atoms with Gasteiger partial charge in [-0.15, -0.1) is 0 Å². The van der Waals surface area contributed by atoms with Crippen LogP contribution in [0.1, 0.15) is 0 Å². The van der Waals surface area contributed by atoms with E-state index in [0.717, 1.165) is 27.3 Å². The normalized spacial score (nSPS) is 10.8. The van der Waals surface area contributed by atoms with Gasteiger partial charge in [-0.2, -0.15) is 0 Å². The first-order chi connectivity index (χ1) is 11.3. The van der Waals surface area contributed by atoms with Crippen molar-refractivity contribution in [3.05, 3.63) is 77.7 Å². The van der Waals surface area contributed by atoms with Gasteiger partial charge in [0.25, 0.3) is 0 Å². The van der Waals surface area contributed by atoms with Crippen molar-refractivity contribution in [1.29, 1.82) is 0 Å². The Balaban J connectivity index is 1.74. The van der Waals surface area contributed by atoms with E-state index in [1.165, 1.54) is 5.39 Å². The van der Waals surface area contributed by atoms with E-state index in [0.29, 0.717) is 0 Å². The van der Waals surface area contributed by atoms with E-state index < -0.39 is 0 Å². The van der Waals surface area contributed by atoms with Crippen LogP contribution in [-0.4, -0.2) is 14.5 Å². The van der Waals surface area contributed by atoms with E-state index in [4.69, 9.17) is 0 Å². The van der Waals surface area contributed by atoms with Gasteiger partial charge in [-0.3, -0.25) is 0 Å². The Kier molecular flexibility index (Phi) is 3.55. The highest BCUT2D eigenvalue weighted by Crippen LogP contribution is 2.24. The van der Waals surface area contributed by atoms with Crippen LogP contribution in [0.2, 0.25) is 0 Å². The van der Waals surface area contributed by atoms with Gasteiger partial charge in [-0.05, 0) is 30.3 Å². The summed E-state index contributed by atoms with van der Waals surface area (Å²) in [6, 6.07) is 20.2. The van der Waals surface area contributed by atoms with E-state index in [2.05, 4.69) is 54.0 Å². The Morgan fingerprint density at radius 2 is 1.78 bits per heavy atom. The topological polar surface area (TPSA) is 42.7 Å². The molecule has 2 heterocycles. The molecule has 1 N–H and O–H groups in total. The van der Waals surface area contributed by atoms with Crippen LogP contribution < -0.4 is 5.32 Å². The number of halogens is 1. The minimum Gasteiger partial charge on any atom is -0.340 e. The standard InChI is InChI=1S/C18H13BrN4/c19-14-7-6-13-8-9-23(16(13)10-14)18-11-17(20-12-21-18)22-15-4-2-1-3-5-15/h1-12H,(H,20,21,22). The molecule has 0 spiro atoms. The molecule has 0 amide bonds. The van der Waals surface area contributed by atoms with Crippen molar-refractivity contribution in [2.75, 3.05) is 5.32 Å². The molecule has 4 rings (SSSR count). The van der Waals surface area contributed by atoms with Crippen LogP contribution in [0.3, 0.4) is 0 Å². The summed E-state index contributed by atoms with van der Waals surface area (Å²) in [6.45, 7) is 0. The molecule has 2 aromatic heterocycles. The van der Waals surface area contributed by atoms with E-state index in [1.807, 2.05) is 48.7 Å². The summed E-state index contributed by atoms with van der Waals surface area (Å²) < 4.78 is 3.10. The second kappa shape index (κ2) is 5.85. The van der Waals surface area contributed by atoms with Gasteiger partial charge in [0.2, 0.25) is 0 Å². The Labute approximate surface area is 142 Å². The summed E-state index contributed by atoms with van der Waals surface area (Å²) in [5, 5.41) is 4.46. The SMILES string of the molecule is Brc1ccc2ccn(-c3cc(Nc4ccccc4)ncn3)c2c1. The summed E-state index contributed by atoms with van der Waals surface area (Å²) >= 11 is 3.52. The van der Waals surface area contributed by atoms with Crippen LogP contribution in [0.5, 0.6) is 0 Å². The van der Waals surface area contributed by atoms with Crippen LogP contribution in [0, 0.1) is 0 Å². The highest BCUT2D eigenvalue weighted by Gasteiger charge is 2.06. The van der Waals surface area contributed by atoms with E-state index in [-0.39, 0.29) is 0 Å². The van der Waals surface area contributed by atoms with Crippen LogP contribution >= 0.6 is 15.9 Å². The summed E-state index contributed by atoms with van der Waals surface area (Å²) in [4.78, 5) is 8.70. The lowest BCUT2D eigenvalue weighted by Crippen LogP contribution is -2.00. The molecule has 2 aromatic carbocycles. The monoisotopic (exact) mass is 364 g/mol. The summed E-state index contributed by atoms with van der Waals surface area (Å²) in [7, 11) is 0. The third kappa shape index (κ3) is 2.83. The van der Waals surface area contributed by atoms with Crippen LogP contribution in [0.25, 0.3) is 16.7 Å². The molecule has 0 bridgehead atoms. The molecule has 0 radical (unpaired) electrons. The molecule has 0 fully saturated rings. The number of nitrogens with one attached hydrogen (secondary N) is 1. The molecule has 0 aliphatic rings. The number of hydrogen-bond donors (Lipinski definition) is 1. The molecular formula is C18H13BrN4. The number of benzene rings is 2. The highest BCUT2D eigenvalue weighted by molar-refractivity contribution is 9.10. The maximum absolute atomic E-state index is 4.40. The molecule has 0 saturated carbocycles. The molecule has 0 aliphatic carbocycles. The van der Waals surface area contributed by atoms with E-state index >= 15 is 0 Å². The van der Waals surface area contributed by atoms with Gasteiger partial charge in [-0.1, -0.05) is 40.2 Å². The van der Waals surface area contributed by atoms with Crippen LogP contribution in [0.15, 0.2) is 77.7 Å². The zero-order chi connectivity index (χ0) is 15.6. The van der Waals surface area contributed by atoms with Gasteiger partial charge < -0.3 is 9.88 Å². The zero-order valence-electron chi connectivity index (χ0n) is 12.1. The zero-order valence-corrected chi connectivity index (χ0v) is 13.7. The molecule has 0 atom stereocenters. The number of aromatic nitrogens is 3. The van der Waals surface area contributed by atoms with Crippen molar-refractivity contribution in [3.8, 4) is 5.82 Å². The molecule has 5 heteroatoms. The van der Waals surface area contributed by atoms with Crippen LogP contribution in [0.4, 0.5) is 11.5 Å². The first kappa shape index (κ1) is 14.0. The maximum atomic E-state index is 4.40. The summed E-state index contributed by atoms with van der Waals surface area (Å²) in [5.74, 6) is 1.59. The maximum Gasteiger partial charge on any atom is 0.142 e. The summed E-state index contributed by atoms with van der Waals surface area (Å²) in [5.41, 5.74) is 2.10. The number of anilines is 2. The average molecular weight is 365 g/mol. The number of rotatable bonds is 3. The smallest absolute Gasteiger partial charge is 0.142 e. The lowest BCUT2D eigenvalue weighted by molar-refractivity contribution is 1.01. The van der Waals surface area contributed by atoms with Crippen LogP contribution in [-0.2, 0) is 0 Å². The van der Waals surface area contributed by atoms with Crippen molar-refractivity contribution in [1.82, 2.24) is 14.5 Å². The molecule has 4 aromatic rings. The Morgan fingerprint density at radius 1 is 0.913 bits per heavy atom. The Hall–Kier alpha value is -2.66. The molecule has 0 saturated heterocycles. The number of hydrogen-bond acceptors (Lipinski definition) is 3. The first-order valence-electron chi connectivity index (χ1n) is 7.21. The molecule has 112 valence electrons. The lowest BCUT2D eigenvalue weighted by atomic mass is 10.2.